The maximum absolute atomic E-state index is 12.3. The molecular weight excluding hydrogens is 198 g/mol. The first kappa shape index (κ1) is 10.2. The van der Waals surface area contributed by atoms with Gasteiger partial charge >= 0.3 is 0 Å². The molecule has 0 atom stereocenters. The van der Waals surface area contributed by atoms with Crippen molar-refractivity contribution in [1.29, 1.82) is 0 Å². The lowest BCUT2D eigenvalue weighted by Gasteiger charge is -2.03. The van der Waals surface area contributed by atoms with Crippen LogP contribution < -0.4 is 5.56 Å². The van der Waals surface area contributed by atoms with Crippen LogP contribution in [0, 0.1) is 6.92 Å². The number of nitrogens with zero attached hydrogens (tertiary/aromatic N) is 1. The number of aromatic amines is 1. The lowest BCUT2D eigenvalue weighted by Crippen LogP contribution is -2.15. The van der Waals surface area contributed by atoms with Gasteiger partial charge < -0.3 is 4.98 Å². The molecule has 13 heavy (non-hydrogen) atoms. The third kappa shape index (κ3) is 2.06. The van der Waals surface area contributed by atoms with Gasteiger partial charge in [-0.15, -0.1) is 0 Å². The fourth-order valence-electron chi connectivity index (χ4n) is 0.838. The minimum atomic E-state index is -2.70. The summed E-state index contributed by atoms with van der Waals surface area (Å²) in [6.07, 6.45) is -1.05. The molecule has 0 spiro atoms. The average molecular weight is 206 g/mol. The van der Waals surface area contributed by atoms with Crippen LogP contribution in [-0.2, 0) is 0 Å². The summed E-state index contributed by atoms with van der Waals surface area (Å²) >= 11 is 1.12. The van der Waals surface area contributed by atoms with Crippen molar-refractivity contribution >= 4 is 11.8 Å². The Morgan fingerprint density at radius 1 is 1.54 bits per heavy atom. The van der Waals surface area contributed by atoms with E-state index < -0.39 is 17.7 Å². The van der Waals surface area contributed by atoms with Gasteiger partial charge in [-0.2, -0.15) is 0 Å². The number of aromatic nitrogens is 2. The van der Waals surface area contributed by atoms with Crippen LogP contribution in [0.15, 0.2) is 9.95 Å². The minimum absolute atomic E-state index is 0.0206. The van der Waals surface area contributed by atoms with Gasteiger partial charge in [-0.05, 0) is 13.2 Å². The van der Waals surface area contributed by atoms with Gasteiger partial charge in [-0.3, -0.25) is 4.79 Å². The molecule has 1 rings (SSSR count). The zero-order valence-corrected chi connectivity index (χ0v) is 7.91. The van der Waals surface area contributed by atoms with Gasteiger partial charge in [0.2, 0.25) is 0 Å². The van der Waals surface area contributed by atoms with E-state index >= 15 is 0 Å². The molecule has 0 aromatic carbocycles. The van der Waals surface area contributed by atoms with Crippen molar-refractivity contribution < 1.29 is 8.78 Å². The number of halogens is 2. The lowest BCUT2D eigenvalue weighted by atomic mass is 10.2. The Morgan fingerprint density at radius 2 is 2.15 bits per heavy atom. The number of nitrogens with one attached hydrogen (secondary N) is 1. The fourth-order valence-corrected chi connectivity index (χ4v) is 1.22. The third-order valence-electron chi connectivity index (χ3n) is 1.57. The average Bonchev–Trinajstić information content (AvgIpc) is 2.09. The van der Waals surface area contributed by atoms with E-state index in [2.05, 4.69) is 9.97 Å². The number of rotatable bonds is 2. The molecule has 0 amide bonds. The van der Waals surface area contributed by atoms with Gasteiger partial charge in [0.25, 0.3) is 12.0 Å². The van der Waals surface area contributed by atoms with Crippen molar-refractivity contribution in [3.63, 3.8) is 0 Å². The molecule has 1 aromatic heterocycles. The lowest BCUT2D eigenvalue weighted by molar-refractivity contribution is 0.144. The number of hydrogen-bond acceptors (Lipinski definition) is 3. The van der Waals surface area contributed by atoms with Gasteiger partial charge in [0.1, 0.15) is 5.69 Å². The van der Waals surface area contributed by atoms with Gasteiger partial charge in [0.05, 0.1) is 0 Å². The van der Waals surface area contributed by atoms with Gasteiger partial charge in [-0.25, -0.2) is 13.8 Å². The highest BCUT2D eigenvalue weighted by molar-refractivity contribution is 7.98. The second-order valence-corrected chi connectivity index (χ2v) is 3.18. The molecule has 1 N–H and O–H groups in total. The summed E-state index contributed by atoms with van der Waals surface area (Å²) in [5, 5.41) is 0.214. The maximum Gasteiger partial charge on any atom is 0.280 e. The van der Waals surface area contributed by atoms with Crippen LogP contribution in [0.5, 0.6) is 0 Å². The molecular formula is C7H8F2N2OS. The van der Waals surface area contributed by atoms with Crippen molar-refractivity contribution in [3.05, 3.63) is 21.6 Å². The number of alkyl halides is 2. The first-order chi connectivity index (χ1) is 6.06. The zero-order chi connectivity index (χ0) is 10.0. The molecule has 1 heterocycles. The zero-order valence-electron chi connectivity index (χ0n) is 7.10. The standard InChI is InChI=1S/C7H8F2N2OS/c1-3-4(5(8)9)10-7(13-2)11-6(3)12/h5H,1-2H3,(H,10,11,12). The minimum Gasteiger partial charge on any atom is -0.301 e. The Kier molecular flexibility index (Phi) is 3.02. The molecule has 6 heteroatoms. The van der Waals surface area contributed by atoms with Crippen LogP contribution in [0.4, 0.5) is 8.78 Å². The van der Waals surface area contributed by atoms with E-state index in [1.54, 1.807) is 6.26 Å². The van der Waals surface area contributed by atoms with E-state index in [-0.39, 0.29) is 10.7 Å². The molecule has 0 aliphatic carbocycles. The predicted octanol–water partition coefficient (Wildman–Crippen LogP) is 1.74. The molecule has 0 unspecified atom stereocenters. The summed E-state index contributed by atoms with van der Waals surface area (Å²) in [6, 6.07) is 0. The molecule has 0 radical (unpaired) electrons. The summed E-state index contributed by atoms with van der Waals surface area (Å²) in [4.78, 5) is 17.1. The number of H-pyrrole nitrogens is 1. The van der Waals surface area contributed by atoms with E-state index in [9.17, 15) is 13.6 Å². The van der Waals surface area contributed by atoms with E-state index in [0.717, 1.165) is 11.8 Å². The summed E-state index contributed by atoms with van der Waals surface area (Å²) in [7, 11) is 0. The molecule has 72 valence electrons. The summed E-state index contributed by atoms with van der Waals surface area (Å²) in [5.41, 5.74) is -0.962. The van der Waals surface area contributed by atoms with Gasteiger partial charge in [-0.1, -0.05) is 11.8 Å². The van der Waals surface area contributed by atoms with Crippen LogP contribution in [-0.4, -0.2) is 16.2 Å². The fraction of sp³-hybridized carbons (Fsp3) is 0.429. The number of thioether (sulfide) groups is 1. The highest BCUT2D eigenvalue weighted by atomic mass is 32.2. The summed E-state index contributed by atoms with van der Waals surface area (Å²) < 4.78 is 24.6. The molecule has 0 bridgehead atoms. The third-order valence-corrected chi connectivity index (χ3v) is 2.15. The molecule has 0 saturated heterocycles. The Labute approximate surface area is 77.6 Å². The highest BCUT2D eigenvalue weighted by Crippen LogP contribution is 2.19. The second kappa shape index (κ2) is 3.87. The van der Waals surface area contributed by atoms with Crippen molar-refractivity contribution in [2.24, 2.45) is 0 Å². The Morgan fingerprint density at radius 3 is 2.62 bits per heavy atom. The second-order valence-electron chi connectivity index (χ2n) is 2.39. The van der Waals surface area contributed by atoms with E-state index in [0.29, 0.717) is 0 Å². The quantitative estimate of drug-likeness (QED) is 0.592. The monoisotopic (exact) mass is 206 g/mol. The topological polar surface area (TPSA) is 45.8 Å². The molecule has 3 nitrogen and oxygen atoms in total. The van der Waals surface area contributed by atoms with Gasteiger partial charge in [0, 0.05) is 5.56 Å². The largest absolute Gasteiger partial charge is 0.301 e. The smallest absolute Gasteiger partial charge is 0.280 e. The van der Waals surface area contributed by atoms with Crippen molar-refractivity contribution in [2.75, 3.05) is 6.26 Å². The molecule has 0 aliphatic rings. The molecule has 0 saturated carbocycles. The van der Waals surface area contributed by atoms with Crippen molar-refractivity contribution in [2.45, 2.75) is 18.5 Å². The Hall–Kier alpha value is -0.910. The van der Waals surface area contributed by atoms with Crippen LogP contribution in [0.25, 0.3) is 0 Å². The van der Waals surface area contributed by atoms with Crippen LogP contribution >= 0.6 is 11.8 Å². The van der Waals surface area contributed by atoms with E-state index in [4.69, 9.17) is 0 Å². The van der Waals surface area contributed by atoms with Crippen LogP contribution in [0.1, 0.15) is 17.7 Å². The van der Waals surface area contributed by atoms with Crippen molar-refractivity contribution in [3.8, 4) is 0 Å². The first-order valence-electron chi connectivity index (χ1n) is 3.49. The van der Waals surface area contributed by atoms with E-state index in [1.165, 1.54) is 6.92 Å². The van der Waals surface area contributed by atoms with Crippen molar-refractivity contribution in [1.82, 2.24) is 9.97 Å². The highest BCUT2D eigenvalue weighted by Gasteiger charge is 2.15. The SMILES string of the molecule is CSc1nc(C(F)F)c(C)c(=O)[nH]1. The van der Waals surface area contributed by atoms with Crippen LogP contribution in [0.2, 0.25) is 0 Å². The normalized spacial score (nSPS) is 10.8. The first-order valence-corrected chi connectivity index (χ1v) is 4.71. The number of hydrogen-bond donors (Lipinski definition) is 1. The van der Waals surface area contributed by atoms with Crippen LogP contribution in [0.3, 0.4) is 0 Å². The van der Waals surface area contributed by atoms with Gasteiger partial charge in [0.15, 0.2) is 5.16 Å². The molecule has 0 fully saturated rings. The predicted molar refractivity (Wildman–Crippen MR) is 46.3 cm³/mol. The Balaban J connectivity index is 3.33. The molecule has 0 aliphatic heterocycles. The molecule has 1 aromatic rings. The maximum atomic E-state index is 12.3. The van der Waals surface area contributed by atoms with E-state index in [1.807, 2.05) is 0 Å². The summed E-state index contributed by atoms with van der Waals surface area (Å²) in [6.45, 7) is 1.33. The summed E-state index contributed by atoms with van der Waals surface area (Å²) in [5.74, 6) is 0. The Bertz CT molecular complexity index is 364.